The summed E-state index contributed by atoms with van der Waals surface area (Å²) in [5.74, 6) is 3.34. The Labute approximate surface area is 248 Å². The Balaban J connectivity index is 1.39. The van der Waals surface area contributed by atoms with E-state index in [-0.39, 0.29) is 11.8 Å². The van der Waals surface area contributed by atoms with Gasteiger partial charge in [0, 0.05) is 23.2 Å². The number of methoxy groups -OCH3 is 1. The van der Waals surface area contributed by atoms with E-state index in [1.165, 1.54) is 0 Å². The quantitative estimate of drug-likeness (QED) is 0.259. The standard InChI is InChI=1S/C34H30N4O5/c1-18(2)28-32-38-29(31-35-17-26(41-31)20-10-12-21(40-3)13-11-20)30(43-32)34-22-6-4-5-7-24(22)36-33(34)42-25-14-8-19(16-23(25)34)9-15-27(39)37-28/h4-8,10-14,16-18,28,33,36H,9,15H2,1-3H3,(H,37,39). The number of hydrogen-bond donors (Lipinski definition) is 2. The van der Waals surface area contributed by atoms with Gasteiger partial charge >= 0.3 is 0 Å². The van der Waals surface area contributed by atoms with Crippen LogP contribution in [0.2, 0.25) is 0 Å². The highest BCUT2D eigenvalue weighted by Gasteiger charge is 2.61. The number of carbonyl (C=O) groups excluding carboxylic acids is 1. The number of aromatic nitrogens is 2. The van der Waals surface area contributed by atoms with Gasteiger partial charge in [0.25, 0.3) is 0 Å². The number of anilines is 1. The van der Waals surface area contributed by atoms with Gasteiger partial charge in [0.15, 0.2) is 23.4 Å². The molecule has 0 radical (unpaired) electrons. The number of carbonyl (C=O) groups is 1. The molecule has 0 aliphatic carbocycles. The molecule has 0 saturated heterocycles. The third-order valence-corrected chi connectivity index (χ3v) is 8.72. The molecule has 2 N–H and O–H groups in total. The molecule has 0 fully saturated rings. The normalized spacial score (nSPS) is 21.6. The van der Waals surface area contributed by atoms with Crippen LogP contribution in [0.25, 0.3) is 22.9 Å². The zero-order valence-corrected chi connectivity index (χ0v) is 24.0. The van der Waals surface area contributed by atoms with E-state index in [9.17, 15) is 4.79 Å². The van der Waals surface area contributed by atoms with E-state index in [2.05, 4.69) is 22.8 Å². The zero-order chi connectivity index (χ0) is 29.3. The molecule has 5 heterocycles. The number of para-hydroxylation sites is 1. The van der Waals surface area contributed by atoms with E-state index in [0.29, 0.717) is 41.8 Å². The molecule has 8 rings (SSSR count). The largest absolute Gasteiger partial charge is 0.497 e. The summed E-state index contributed by atoms with van der Waals surface area (Å²) in [6.07, 6.45) is 2.16. The summed E-state index contributed by atoms with van der Waals surface area (Å²) in [6, 6.07) is 21.5. The van der Waals surface area contributed by atoms with Crippen molar-refractivity contribution in [1.82, 2.24) is 15.3 Å². The first-order chi connectivity index (χ1) is 20.9. The Morgan fingerprint density at radius 1 is 0.977 bits per heavy atom. The minimum Gasteiger partial charge on any atom is -0.497 e. The lowest BCUT2D eigenvalue weighted by Crippen LogP contribution is -2.40. The van der Waals surface area contributed by atoms with Crippen molar-refractivity contribution >= 4 is 11.6 Å². The highest BCUT2D eigenvalue weighted by Crippen LogP contribution is 2.59. The van der Waals surface area contributed by atoms with Gasteiger partial charge in [0.1, 0.15) is 23.0 Å². The molecule has 0 saturated carbocycles. The van der Waals surface area contributed by atoms with Crippen molar-refractivity contribution in [3.05, 3.63) is 101 Å². The van der Waals surface area contributed by atoms with Gasteiger partial charge in [0.2, 0.25) is 17.7 Å². The van der Waals surface area contributed by atoms with Crippen molar-refractivity contribution in [2.75, 3.05) is 12.4 Å². The van der Waals surface area contributed by atoms with Gasteiger partial charge in [-0.2, -0.15) is 0 Å². The average Bonchev–Trinajstić information content (AvgIpc) is 3.79. The molecule has 3 aliphatic heterocycles. The number of oxazole rings is 2. The van der Waals surface area contributed by atoms with Crippen LogP contribution in [0.1, 0.15) is 54.7 Å². The molecule has 216 valence electrons. The Kier molecular flexibility index (Phi) is 5.66. The lowest BCUT2D eigenvalue weighted by Gasteiger charge is -2.27. The maximum Gasteiger partial charge on any atom is 0.249 e. The van der Waals surface area contributed by atoms with Crippen LogP contribution in [0.3, 0.4) is 0 Å². The van der Waals surface area contributed by atoms with E-state index >= 15 is 0 Å². The van der Waals surface area contributed by atoms with Gasteiger partial charge < -0.3 is 28.9 Å². The molecular formula is C34H30N4O5. The molecule has 3 aliphatic rings. The number of rotatable bonds is 4. The van der Waals surface area contributed by atoms with E-state index in [4.69, 9.17) is 28.3 Å². The Morgan fingerprint density at radius 3 is 2.63 bits per heavy atom. The number of fused-ring (bicyclic) bond motifs is 4. The van der Waals surface area contributed by atoms with Crippen molar-refractivity contribution in [2.24, 2.45) is 5.92 Å². The monoisotopic (exact) mass is 574 g/mol. The van der Waals surface area contributed by atoms with Gasteiger partial charge in [-0.25, -0.2) is 9.97 Å². The van der Waals surface area contributed by atoms with E-state index in [1.54, 1.807) is 13.3 Å². The van der Waals surface area contributed by atoms with Gasteiger partial charge in [-0.1, -0.05) is 44.2 Å². The minimum atomic E-state index is -0.873. The molecule has 3 aromatic carbocycles. The summed E-state index contributed by atoms with van der Waals surface area (Å²) < 4.78 is 25.2. The molecule has 1 amide bonds. The van der Waals surface area contributed by atoms with Crippen molar-refractivity contribution < 1.29 is 23.1 Å². The van der Waals surface area contributed by atoms with Gasteiger partial charge in [-0.15, -0.1) is 0 Å². The third-order valence-electron chi connectivity index (χ3n) is 8.72. The summed E-state index contributed by atoms with van der Waals surface area (Å²) >= 11 is 0. The first-order valence-corrected chi connectivity index (χ1v) is 14.5. The predicted molar refractivity (Wildman–Crippen MR) is 159 cm³/mol. The van der Waals surface area contributed by atoms with Crippen molar-refractivity contribution in [2.45, 2.75) is 44.4 Å². The van der Waals surface area contributed by atoms with Crippen LogP contribution in [-0.4, -0.2) is 29.2 Å². The Morgan fingerprint density at radius 2 is 1.81 bits per heavy atom. The summed E-state index contributed by atoms with van der Waals surface area (Å²) in [4.78, 5) is 22.9. The Hall–Kier alpha value is -5.05. The number of nitrogens with one attached hydrogen (secondary N) is 2. The zero-order valence-electron chi connectivity index (χ0n) is 24.0. The smallest absolute Gasteiger partial charge is 0.249 e. The molecule has 3 unspecified atom stereocenters. The fourth-order valence-corrected chi connectivity index (χ4v) is 6.55. The second kappa shape index (κ2) is 9.49. The van der Waals surface area contributed by atoms with Crippen molar-refractivity contribution in [3.8, 4) is 34.4 Å². The van der Waals surface area contributed by atoms with Crippen LogP contribution >= 0.6 is 0 Å². The molecule has 3 atom stereocenters. The predicted octanol–water partition coefficient (Wildman–Crippen LogP) is 6.24. The second-order valence-corrected chi connectivity index (χ2v) is 11.6. The highest BCUT2D eigenvalue weighted by atomic mass is 16.5. The fourth-order valence-electron chi connectivity index (χ4n) is 6.55. The number of ether oxygens (including phenoxy) is 2. The highest BCUT2D eigenvalue weighted by molar-refractivity contribution is 5.78. The molecule has 2 aromatic heterocycles. The van der Waals surface area contributed by atoms with Crippen molar-refractivity contribution in [3.63, 3.8) is 0 Å². The van der Waals surface area contributed by atoms with Gasteiger partial charge in [-0.05, 0) is 59.9 Å². The number of aryl methyl sites for hydroxylation is 1. The third kappa shape index (κ3) is 3.80. The lowest BCUT2D eigenvalue weighted by molar-refractivity contribution is -0.122. The summed E-state index contributed by atoms with van der Waals surface area (Å²) in [7, 11) is 1.63. The second-order valence-electron chi connectivity index (χ2n) is 11.6. The molecule has 9 nitrogen and oxygen atoms in total. The van der Waals surface area contributed by atoms with Crippen LogP contribution in [0, 0.1) is 5.92 Å². The van der Waals surface area contributed by atoms with Gasteiger partial charge in [0.05, 0.1) is 13.3 Å². The Bertz CT molecular complexity index is 1870. The van der Waals surface area contributed by atoms with Gasteiger partial charge in [-0.3, -0.25) is 4.79 Å². The molecule has 4 bridgehead atoms. The molecule has 9 heteroatoms. The molecule has 1 spiro atoms. The molecular weight excluding hydrogens is 544 g/mol. The summed E-state index contributed by atoms with van der Waals surface area (Å²) in [5.41, 5.74) is 4.43. The number of benzene rings is 3. The van der Waals surface area contributed by atoms with Crippen LogP contribution in [0.4, 0.5) is 5.69 Å². The topological polar surface area (TPSA) is 112 Å². The summed E-state index contributed by atoms with van der Waals surface area (Å²) in [6.45, 7) is 4.08. The summed E-state index contributed by atoms with van der Waals surface area (Å²) in [5, 5.41) is 6.77. The van der Waals surface area contributed by atoms with Crippen molar-refractivity contribution in [1.29, 1.82) is 0 Å². The van der Waals surface area contributed by atoms with Crippen LogP contribution in [-0.2, 0) is 16.6 Å². The van der Waals surface area contributed by atoms with Crippen LogP contribution < -0.4 is 20.1 Å². The SMILES string of the molecule is COc1ccc(-c2cnc(-c3nc4oc3C35c6ccccc6NC3Oc3ccc(cc35)CCC(=O)NC4C(C)C)o2)cc1. The first-order valence-electron chi connectivity index (χ1n) is 14.5. The maximum absolute atomic E-state index is 13.1. The first kappa shape index (κ1) is 25.6. The molecule has 5 aromatic rings. The van der Waals surface area contributed by atoms with E-state index in [1.807, 2.05) is 68.4 Å². The number of amides is 1. The van der Waals surface area contributed by atoms with Crippen LogP contribution in [0.5, 0.6) is 11.5 Å². The fraction of sp³-hybridized carbons (Fsp3) is 0.265. The number of hydrogen-bond acceptors (Lipinski definition) is 8. The van der Waals surface area contributed by atoms with E-state index in [0.717, 1.165) is 39.4 Å². The number of nitrogens with zero attached hydrogens (tertiary/aromatic N) is 2. The van der Waals surface area contributed by atoms with E-state index < -0.39 is 17.7 Å². The van der Waals surface area contributed by atoms with Crippen LogP contribution in [0.15, 0.2) is 81.8 Å². The average molecular weight is 575 g/mol. The molecule has 43 heavy (non-hydrogen) atoms. The lowest BCUT2D eigenvalue weighted by atomic mass is 9.72. The maximum atomic E-state index is 13.1. The minimum absolute atomic E-state index is 0.0150.